The van der Waals surface area contributed by atoms with Crippen LogP contribution in [0, 0.1) is 0 Å². The highest BCUT2D eigenvalue weighted by Gasteiger charge is 2.31. The first-order valence-electron chi connectivity index (χ1n) is 8.74. The van der Waals surface area contributed by atoms with Gasteiger partial charge in [0.25, 0.3) is 0 Å². The van der Waals surface area contributed by atoms with Crippen LogP contribution >= 0.6 is 0 Å². The predicted octanol–water partition coefficient (Wildman–Crippen LogP) is 5.23. The summed E-state index contributed by atoms with van der Waals surface area (Å²) in [6.07, 6.45) is 3.64. The van der Waals surface area contributed by atoms with Gasteiger partial charge in [-0.3, -0.25) is 0 Å². The molecule has 3 rings (SSSR count). The fourth-order valence-electron chi connectivity index (χ4n) is 3.70. The van der Waals surface area contributed by atoms with Crippen LogP contribution in [0.25, 0.3) is 0 Å². The van der Waals surface area contributed by atoms with E-state index in [4.69, 9.17) is 4.74 Å². The predicted molar refractivity (Wildman–Crippen MR) is 97.6 cm³/mol. The van der Waals surface area contributed by atoms with E-state index in [0.717, 1.165) is 18.7 Å². The van der Waals surface area contributed by atoms with E-state index >= 15 is 0 Å². The van der Waals surface area contributed by atoms with Gasteiger partial charge in [0.05, 0.1) is 7.11 Å². The van der Waals surface area contributed by atoms with Crippen molar-refractivity contribution in [2.75, 3.05) is 18.6 Å². The van der Waals surface area contributed by atoms with Crippen molar-refractivity contribution in [3.63, 3.8) is 0 Å². The summed E-state index contributed by atoms with van der Waals surface area (Å²) in [6.45, 7) is 5.76. The Morgan fingerprint density at radius 2 is 1.91 bits per heavy atom. The first kappa shape index (κ1) is 15.9. The lowest BCUT2D eigenvalue weighted by Gasteiger charge is -2.41. The van der Waals surface area contributed by atoms with E-state index in [0.29, 0.717) is 12.0 Å². The van der Waals surface area contributed by atoms with E-state index in [1.165, 1.54) is 29.7 Å². The zero-order chi connectivity index (χ0) is 16.2. The maximum absolute atomic E-state index is 5.49. The summed E-state index contributed by atoms with van der Waals surface area (Å²) in [5, 5.41) is 0. The molecule has 0 bridgehead atoms. The van der Waals surface area contributed by atoms with Crippen LogP contribution in [-0.4, -0.2) is 19.7 Å². The lowest BCUT2D eigenvalue weighted by atomic mass is 9.81. The number of ether oxygens (including phenoxy) is 1. The molecular formula is C21H27NO. The second-order valence-corrected chi connectivity index (χ2v) is 6.52. The van der Waals surface area contributed by atoms with Gasteiger partial charge in [0, 0.05) is 24.2 Å². The highest BCUT2D eigenvalue weighted by Crippen LogP contribution is 2.43. The van der Waals surface area contributed by atoms with Crippen LogP contribution < -0.4 is 9.64 Å². The first-order chi connectivity index (χ1) is 11.2. The smallest absolute Gasteiger partial charge is 0.119 e. The van der Waals surface area contributed by atoms with E-state index in [1.54, 1.807) is 7.11 Å². The number of hydrogen-bond acceptors (Lipinski definition) is 2. The van der Waals surface area contributed by atoms with Crippen LogP contribution in [0.1, 0.15) is 50.2 Å². The highest BCUT2D eigenvalue weighted by atomic mass is 16.5. The van der Waals surface area contributed by atoms with Gasteiger partial charge in [-0.25, -0.2) is 0 Å². The second-order valence-electron chi connectivity index (χ2n) is 6.52. The molecule has 2 heteroatoms. The summed E-state index contributed by atoms with van der Waals surface area (Å²) in [7, 11) is 1.75. The Kier molecular flexibility index (Phi) is 4.90. The monoisotopic (exact) mass is 309 g/mol. The van der Waals surface area contributed by atoms with Gasteiger partial charge in [-0.2, -0.15) is 0 Å². The van der Waals surface area contributed by atoms with Crippen LogP contribution in [0.4, 0.5) is 5.69 Å². The molecular weight excluding hydrogens is 282 g/mol. The molecule has 2 atom stereocenters. The standard InChI is InChI=1S/C21H27NO/c1-4-5-13-22-16(2)14-19(17-9-7-6-8-10-17)20-15-18(23-3)11-12-21(20)22/h6-12,15-16,19H,4-5,13-14H2,1-3H3/t16-,19-/m1/s1. The topological polar surface area (TPSA) is 12.5 Å². The zero-order valence-corrected chi connectivity index (χ0v) is 14.5. The number of unbranched alkanes of at least 4 members (excludes halogenated alkanes) is 1. The Labute approximate surface area is 140 Å². The first-order valence-corrected chi connectivity index (χ1v) is 8.74. The Morgan fingerprint density at radius 1 is 1.13 bits per heavy atom. The third-order valence-electron chi connectivity index (χ3n) is 4.98. The molecule has 0 unspecified atom stereocenters. The van der Waals surface area contributed by atoms with Gasteiger partial charge in [0.15, 0.2) is 0 Å². The van der Waals surface area contributed by atoms with Crippen LogP contribution in [0.5, 0.6) is 5.75 Å². The lowest BCUT2D eigenvalue weighted by Crippen LogP contribution is -2.39. The average molecular weight is 309 g/mol. The molecule has 0 saturated heterocycles. The molecule has 0 aromatic heterocycles. The van der Waals surface area contributed by atoms with Gasteiger partial charge in [0.1, 0.15) is 5.75 Å². The molecule has 1 aliphatic heterocycles. The van der Waals surface area contributed by atoms with E-state index in [-0.39, 0.29) is 0 Å². The van der Waals surface area contributed by atoms with Gasteiger partial charge in [-0.15, -0.1) is 0 Å². The molecule has 1 aliphatic rings. The Balaban J connectivity index is 2.04. The quantitative estimate of drug-likeness (QED) is 0.750. The van der Waals surface area contributed by atoms with Crippen molar-refractivity contribution in [2.45, 2.75) is 45.1 Å². The van der Waals surface area contributed by atoms with Crippen molar-refractivity contribution in [1.29, 1.82) is 0 Å². The number of nitrogens with zero attached hydrogens (tertiary/aromatic N) is 1. The molecule has 23 heavy (non-hydrogen) atoms. The van der Waals surface area contributed by atoms with Gasteiger partial charge in [-0.05, 0) is 49.1 Å². The minimum absolute atomic E-state index is 0.453. The molecule has 0 N–H and O–H groups in total. The van der Waals surface area contributed by atoms with Gasteiger partial charge in [0.2, 0.25) is 0 Å². The van der Waals surface area contributed by atoms with Crippen molar-refractivity contribution in [2.24, 2.45) is 0 Å². The minimum Gasteiger partial charge on any atom is -0.497 e. The van der Waals surface area contributed by atoms with Crippen molar-refractivity contribution < 1.29 is 4.74 Å². The Morgan fingerprint density at radius 3 is 2.61 bits per heavy atom. The largest absolute Gasteiger partial charge is 0.497 e. The molecule has 0 aliphatic carbocycles. The van der Waals surface area contributed by atoms with E-state index in [1.807, 2.05) is 0 Å². The number of benzene rings is 2. The van der Waals surface area contributed by atoms with Gasteiger partial charge >= 0.3 is 0 Å². The fourth-order valence-corrected chi connectivity index (χ4v) is 3.70. The maximum atomic E-state index is 5.49. The molecule has 2 nitrogen and oxygen atoms in total. The average Bonchev–Trinajstić information content (AvgIpc) is 2.60. The molecule has 2 aromatic carbocycles. The molecule has 122 valence electrons. The van der Waals surface area contributed by atoms with Crippen molar-refractivity contribution in [3.8, 4) is 5.75 Å². The normalized spacial score (nSPS) is 20.2. The van der Waals surface area contributed by atoms with Crippen molar-refractivity contribution >= 4 is 5.69 Å². The van der Waals surface area contributed by atoms with E-state index in [9.17, 15) is 0 Å². The lowest BCUT2D eigenvalue weighted by molar-refractivity contribution is 0.412. The minimum atomic E-state index is 0.453. The number of hydrogen-bond donors (Lipinski definition) is 0. The molecule has 0 fully saturated rings. The third-order valence-corrected chi connectivity index (χ3v) is 4.98. The van der Waals surface area contributed by atoms with Gasteiger partial charge < -0.3 is 9.64 Å². The summed E-state index contributed by atoms with van der Waals surface area (Å²) in [4.78, 5) is 2.58. The van der Waals surface area contributed by atoms with Crippen molar-refractivity contribution in [1.82, 2.24) is 0 Å². The molecule has 1 heterocycles. The fraction of sp³-hybridized carbons (Fsp3) is 0.429. The molecule has 2 aromatic rings. The van der Waals surface area contributed by atoms with E-state index in [2.05, 4.69) is 67.3 Å². The number of anilines is 1. The third kappa shape index (κ3) is 3.21. The summed E-state index contributed by atoms with van der Waals surface area (Å²) in [5.74, 6) is 1.41. The number of rotatable bonds is 5. The summed E-state index contributed by atoms with van der Waals surface area (Å²) < 4.78 is 5.49. The van der Waals surface area contributed by atoms with Crippen molar-refractivity contribution in [3.05, 3.63) is 59.7 Å². The molecule has 0 spiro atoms. The SMILES string of the molecule is CCCCN1c2ccc(OC)cc2[C@@H](c2ccccc2)C[C@H]1C. The summed E-state index contributed by atoms with van der Waals surface area (Å²) in [5.41, 5.74) is 4.20. The number of methoxy groups -OCH3 is 1. The molecule has 0 radical (unpaired) electrons. The maximum Gasteiger partial charge on any atom is 0.119 e. The van der Waals surface area contributed by atoms with Crippen LogP contribution in [-0.2, 0) is 0 Å². The van der Waals surface area contributed by atoms with Gasteiger partial charge in [-0.1, -0.05) is 43.7 Å². The molecule has 0 saturated carbocycles. The van der Waals surface area contributed by atoms with Crippen LogP contribution in [0.3, 0.4) is 0 Å². The second kappa shape index (κ2) is 7.08. The van der Waals surface area contributed by atoms with E-state index < -0.39 is 0 Å². The summed E-state index contributed by atoms with van der Waals surface area (Å²) in [6, 6.07) is 18.0. The Bertz CT molecular complexity index is 638. The number of fused-ring (bicyclic) bond motifs is 1. The van der Waals surface area contributed by atoms with Crippen LogP contribution in [0.15, 0.2) is 48.5 Å². The highest BCUT2D eigenvalue weighted by molar-refractivity contribution is 5.62. The Hall–Kier alpha value is -1.96. The molecule has 0 amide bonds. The van der Waals surface area contributed by atoms with Crippen LogP contribution in [0.2, 0.25) is 0 Å². The summed E-state index contributed by atoms with van der Waals surface area (Å²) >= 11 is 0. The zero-order valence-electron chi connectivity index (χ0n) is 14.5.